The summed E-state index contributed by atoms with van der Waals surface area (Å²) >= 11 is 0. The summed E-state index contributed by atoms with van der Waals surface area (Å²) in [6.45, 7) is 6.16. The number of carbonyl (C=O) groups excluding carboxylic acids is 2. The van der Waals surface area contributed by atoms with E-state index in [1.54, 1.807) is 0 Å². The molecule has 0 radical (unpaired) electrons. The molecule has 3 heteroatoms. The molecule has 3 aromatic rings. The molecule has 4 aliphatic rings. The minimum absolute atomic E-state index is 0.0582. The smallest absolute Gasteiger partial charge is 0.238 e. The van der Waals surface area contributed by atoms with Crippen LogP contribution in [-0.4, -0.2) is 11.8 Å². The van der Waals surface area contributed by atoms with E-state index in [2.05, 4.69) is 31.2 Å². The molecule has 2 atom stereocenters. The molecule has 0 spiro atoms. The summed E-state index contributed by atoms with van der Waals surface area (Å²) in [6.07, 6.45) is 0. The van der Waals surface area contributed by atoms with Gasteiger partial charge in [0.05, 0.1) is 17.5 Å². The molecule has 2 bridgehead atoms. The average Bonchev–Trinajstić information content (AvgIpc) is 3.01. The molecular weight excluding hydrogens is 370 g/mol. The first-order valence-electron chi connectivity index (χ1n) is 10.6. The van der Waals surface area contributed by atoms with Gasteiger partial charge < -0.3 is 0 Å². The number of aryl methyl sites for hydroxylation is 2. The van der Waals surface area contributed by atoms with E-state index in [0.717, 1.165) is 16.8 Å². The van der Waals surface area contributed by atoms with E-state index in [1.807, 2.05) is 56.3 Å². The zero-order chi connectivity index (χ0) is 20.8. The standard InChI is InChI=1S/C27H23NO2/c1-15-12-13-21(16(2)14-15)28-25(29)23-22-17-8-4-6-10-19(17)27(3,24(23)26(28)30)20-11-7-5-9-18(20)22/h4-14,22-24H,1-3H3/t22?,23-,24-,27?/m0/s1. The van der Waals surface area contributed by atoms with Crippen molar-refractivity contribution in [1.29, 1.82) is 0 Å². The molecule has 2 amide bonds. The van der Waals surface area contributed by atoms with Crippen molar-refractivity contribution < 1.29 is 9.59 Å². The van der Waals surface area contributed by atoms with Crippen LogP contribution < -0.4 is 4.90 Å². The fourth-order valence-corrected chi connectivity index (χ4v) is 6.44. The van der Waals surface area contributed by atoms with Gasteiger partial charge in [0.25, 0.3) is 0 Å². The van der Waals surface area contributed by atoms with Crippen molar-refractivity contribution >= 4 is 17.5 Å². The second-order valence-corrected chi connectivity index (χ2v) is 9.16. The molecule has 30 heavy (non-hydrogen) atoms. The summed E-state index contributed by atoms with van der Waals surface area (Å²) in [5.74, 6) is -0.921. The lowest BCUT2D eigenvalue weighted by Gasteiger charge is -2.52. The summed E-state index contributed by atoms with van der Waals surface area (Å²) in [5.41, 5.74) is 7.08. The van der Waals surface area contributed by atoms with Crippen molar-refractivity contribution in [1.82, 2.24) is 0 Å². The Kier molecular flexibility index (Phi) is 3.35. The molecule has 1 saturated heterocycles. The van der Waals surface area contributed by atoms with Crippen LogP contribution >= 0.6 is 0 Å². The number of benzene rings is 3. The average molecular weight is 393 g/mol. The third kappa shape index (κ3) is 1.91. The van der Waals surface area contributed by atoms with Crippen LogP contribution in [-0.2, 0) is 15.0 Å². The molecule has 148 valence electrons. The molecule has 7 rings (SSSR count). The van der Waals surface area contributed by atoms with Gasteiger partial charge in [-0.15, -0.1) is 0 Å². The van der Waals surface area contributed by atoms with Crippen LogP contribution in [0.2, 0.25) is 0 Å². The minimum atomic E-state index is -0.507. The van der Waals surface area contributed by atoms with Crippen molar-refractivity contribution in [2.75, 3.05) is 4.90 Å². The number of carbonyl (C=O) groups is 2. The van der Waals surface area contributed by atoms with Gasteiger partial charge in [0.2, 0.25) is 11.8 Å². The quantitative estimate of drug-likeness (QED) is 0.553. The summed E-state index contributed by atoms with van der Waals surface area (Å²) < 4.78 is 0. The predicted octanol–water partition coefficient (Wildman–Crippen LogP) is 4.87. The van der Waals surface area contributed by atoms with Crippen molar-refractivity contribution in [3.05, 3.63) is 100 Å². The van der Waals surface area contributed by atoms with Crippen LogP contribution in [0.5, 0.6) is 0 Å². The minimum Gasteiger partial charge on any atom is -0.274 e. The zero-order valence-electron chi connectivity index (χ0n) is 17.3. The van der Waals surface area contributed by atoms with Gasteiger partial charge in [-0.25, -0.2) is 4.90 Å². The number of imide groups is 1. The van der Waals surface area contributed by atoms with Crippen molar-refractivity contribution in [2.45, 2.75) is 32.1 Å². The lowest BCUT2D eigenvalue weighted by molar-refractivity contribution is -0.123. The first-order chi connectivity index (χ1) is 14.4. The van der Waals surface area contributed by atoms with Gasteiger partial charge in [0.15, 0.2) is 0 Å². The molecule has 0 saturated carbocycles. The Morgan fingerprint density at radius 3 is 2.00 bits per heavy atom. The molecule has 0 unspecified atom stereocenters. The Morgan fingerprint density at radius 2 is 1.40 bits per heavy atom. The van der Waals surface area contributed by atoms with Gasteiger partial charge in [-0.3, -0.25) is 9.59 Å². The number of nitrogens with zero attached hydrogens (tertiary/aromatic N) is 1. The van der Waals surface area contributed by atoms with Crippen molar-refractivity contribution in [3.63, 3.8) is 0 Å². The second-order valence-electron chi connectivity index (χ2n) is 9.16. The van der Waals surface area contributed by atoms with Gasteiger partial charge in [-0.05, 0) is 47.7 Å². The number of hydrogen-bond acceptors (Lipinski definition) is 2. The molecule has 1 heterocycles. The van der Waals surface area contributed by atoms with Gasteiger partial charge in [-0.2, -0.15) is 0 Å². The lowest BCUT2D eigenvalue weighted by atomic mass is 9.48. The number of hydrogen-bond donors (Lipinski definition) is 0. The summed E-state index contributed by atoms with van der Waals surface area (Å²) in [6, 6.07) is 22.7. The van der Waals surface area contributed by atoms with E-state index in [4.69, 9.17) is 0 Å². The fourth-order valence-electron chi connectivity index (χ4n) is 6.44. The summed E-state index contributed by atoms with van der Waals surface area (Å²) in [4.78, 5) is 29.2. The molecule has 0 aromatic heterocycles. The van der Waals surface area contributed by atoms with Gasteiger partial charge >= 0.3 is 0 Å². The largest absolute Gasteiger partial charge is 0.274 e. The highest BCUT2D eigenvalue weighted by atomic mass is 16.2. The van der Waals surface area contributed by atoms with Crippen LogP contribution in [0.15, 0.2) is 66.7 Å². The van der Waals surface area contributed by atoms with Gasteiger partial charge in [0.1, 0.15) is 0 Å². The Hall–Kier alpha value is -3.20. The van der Waals surface area contributed by atoms with Crippen LogP contribution in [0.1, 0.15) is 46.2 Å². The van der Waals surface area contributed by atoms with E-state index in [1.165, 1.54) is 27.2 Å². The van der Waals surface area contributed by atoms with Crippen LogP contribution in [0.3, 0.4) is 0 Å². The Balaban J connectivity index is 1.62. The summed E-state index contributed by atoms with van der Waals surface area (Å²) in [5, 5.41) is 0. The molecule has 3 aliphatic carbocycles. The Labute approximate surface area is 176 Å². The van der Waals surface area contributed by atoms with Gasteiger partial charge in [-0.1, -0.05) is 73.2 Å². The SMILES string of the molecule is Cc1ccc(N2C(=O)[C@@H]3[C@@H](C2=O)C2c4ccccc4C3(C)c3ccccc32)c(C)c1. The van der Waals surface area contributed by atoms with E-state index >= 15 is 0 Å². The maximum Gasteiger partial charge on any atom is 0.238 e. The molecule has 1 aliphatic heterocycles. The Bertz CT molecular complexity index is 1210. The number of amides is 2. The maximum absolute atomic E-state index is 13.9. The van der Waals surface area contributed by atoms with Crippen LogP contribution in [0.25, 0.3) is 0 Å². The van der Waals surface area contributed by atoms with E-state index < -0.39 is 5.41 Å². The normalized spacial score (nSPS) is 28.4. The van der Waals surface area contributed by atoms with Gasteiger partial charge in [0, 0.05) is 11.3 Å². The first kappa shape index (κ1) is 17.6. The summed E-state index contributed by atoms with van der Waals surface area (Å²) in [7, 11) is 0. The van der Waals surface area contributed by atoms with Crippen molar-refractivity contribution in [2.24, 2.45) is 11.8 Å². The van der Waals surface area contributed by atoms with Crippen LogP contribution in [0.4, 0.5) is 5.69 Å². The highest BCUT2D eigenvalue weighted by Gasteiger charge is 2.66. The molecule has 1 fully saturated rings. The molecule has 3 nitrogen and oxygen atoms in total. The highest BCUT2D eigenvalue weighted by molar-refractivity contribution is 6.24. The zero-order valence-corrected chi connectivity index (χ0v) is 17.3. The predicted molar refractivity (Wildman–Crippen MR) is 117 cm³/mol. The monoisotopic (exact) mass is 393 g/mol. The lowest BCUT2D eigenvalue weighted by Crippen LogP contribution is -2.51. The van der Waals surface area contributed by atoms with Crippen LogP contribution in [0, 0.1) is 25.7 Å². The fraction of sp³-hybridized carbons (Fsp3) is 0.259. The third-order valence-electron chi connectivity index (χ3n) is 7.64. The molecule has 3 aromatic carbocycles. The van der Waals surface area contributed by atoms with E-state index in [9.17, 15) is 9.59 Å². The number of anilines is 1. The molecule has 0 N–H and O–H groups in total. The third-order valence-corrected chi connectivity index (χ3v) is 7.64. The molecular formula is C27H23NO2. The topological polar surface area (TPSA) is 37.4 Å². The first-order valence-corrected chi connectivity index (χ1v) is 10.6. The van der Waals surface area contributed by atoms with E-state index in [-0.39, 0.29) is 29.6 Å². The number of rotatable bonds is 1. The maximum atomic E-state index is 13.9. The highest BCUT2D eigenvalue weighted by Crippen LogP contribution is 2.64. The second kappa shape index (κ2) is 5.69. The van der Waals surface area contributed by atoms with E-state index in [0.29, 0.717) is 0 Å². The Morgan fingerprint density at radius 1 is 0.800 bits per heavy atom. The van der Waals surface area contributed by atoms with Crippen molar-refractivity contribution in [3.8, 4) is 0 Å².